The van der Waals surface area contributed by atoms with Crippen LogP contribution in [0.25, 0.3) is 5.57 Å². The standard InChI is InChI=1S/C28H30N2/c1-2-21-13-16-29-25(19-21)20-30-17-14-24(15-18-30)28-26-9-5-3-7-22(26)11-12-23-8-4-6-10-27(23)28/h3-10,13,16,19H,2,11-12,14-15,17-18,20H2,1H3. The second-order valence-corrected chi connectivity index (χ2v) is 8.58. The summed E-state index contributed by atoms with van der Waals surface area (Å²) in [7, 11) is 0. The summed E-state index contributed by atoms with van der Waals surface area (Å²) in [6, 6.07) is 22.5. The lowest BCUT2D eigenvalue weighted by atomic mass is 9.86. The molecule has 2 aliphatic rings. The largest absolute Gasteiger partial charge is 0.297 e. The number of rotatable bonds is 3. The molecule has 0 spiro atoms. The Morgan fingerprint density at radius 2 is 1.43 bits per heavy atom. The molecule has 0 amide bonds. The molecular weight excluding hydrogens is 364 g/mol. The van der Waals surface area contributed by atoms with Gasteiger partial charge >= 0.3 is 0 Å². The Hall–Kier alpha value is -2.71. The monoisotopic (exact) mass is 394 g/mol. The van der Waals surface area contributed by atoms with Gasteiger partial charge in [-0.05, 0) is 77.6 Å². The van der Waals surface area contributed by atoms with Crippen LogP contribution in [0.1, 0.15) is 53.3 Å². The number of likely N-dealkylation sites (tertiary alicyclic amines) is 1. The summed E-state index contributed by atoms with van der Waals surface area (Å²) < 4.78 is 0. The van der Waals surface area contributed by atoms with Gasteiger partial charge in [0, 0.05) is 25.8 Å². The van der Waals surface area contributed by atoms with Crippen molar-refractivity contribution in [2.24, 2.45) is 0 Å². The molecule has 1 aliphatic heterocycles. The number of nitrogens with zero attached hydrogens (tertiary/aromatic N) is 2. The molecule has 0 radical (unpaired) electrons. The maximum absolute atomic E-state index is 4.61. The van der Waals surface area contributed by atoms with Crippen molar-refractivity contribution in [2.45, 2.75) is 45.6 Å². The Morgan fingerprint density at radius 3 is 2.07 bits per heavy atom. The van der Waals surface area contributed by atoms with Crippen LogP contribution in [0.4, 0.5) is 0 Å². The van der Waals surface area contributed by atoms with Gasteiger partial charge in [0.05, 0.1) is 5.69 Å². The van der Waals surface area contributed by atoms with Gasteiger partial charge in [-0.2, -0.15) is 0 Å². The van der Waals surface area contributed by atoms with E-state index in [4.69, 9.17) is 0 Å². The molecule has 30 heavy (non-hydrogen) atoms. The molecule has 0 unspecified atom stereocenters. The predicted octanol–water partition coefficient (Wildman–Crippen LogP) is 5.84. The lowest BCUT2D eigenvalue weighted by molar-refractivity contribution is 0.246. The van der Waals surface area contributed by atoms with Gasteiger partial charge in [0.1, 0.15) is 0 Å². The van der Waals surface area contributed by atoms with Crippen LogP contribution in [0, 0.1) is 0 Å². The number of hydrogen-bond donors (Lipinski definition) is 0. The molecule has 152 valence electrons. The Kier molecular flexibility index (Phi) is 5.50. The fourth-order valence-corrected chi connectivity index (χ4v) is 5.05. The van der Waals surface area contributed by atoms with E-state index in [2.05, 4.69) is 77.5 Å². The highest BCUT2D eigenvalue weighted by molar-refractivity contribution is 5.86. The van der Waals surface area contributed by atoms with Gasteiger partial charge in [-0.15, -0.1) is 0 Å². The van der Waals surface area contributed by atoms with Crippen molar-refractivity contribution < 1.29 is 0 Å². The third kappa shape index (κ3) is 3.85. The molecule has 2 nitrogen and oxygen atoms in total. The van der Waals surface area contributed by atoms with E-state index < -0.39 is 0 Å². The molecule has 2 aromatic carbocycles. The lowest BCUT2D eigenvalue weighted by Crippen LogP contribution is -2.31. The Labute approximate surface area is 180 Å². The summed E-state index contributed by atoms with van der Waals surface area (Å²) in [6.07, 6.45) is 7.59. The molecule has 1 fully saturated rings. The van der Waals surface area contributed by atoms with Crippen molar-refractivity contribution in [1.29, 1.82) is 0 Å². The van der Waals surface area contributed by atoms with E-state index in [0.29, 0.717) is 0 Å². The maximum Gasteiger partial charge on any atom is 0.0546 e. The molecule has 0 saturated carbocycles. The predicted molar refractivity (Wildman–Crippen MR) is 124 cm³/mol. The van der Waals surface area contributed by atoms with Crippen molar-refractivity contribution in [1.82, 2.24) is 9.88 Å². The average molecular weight is 395 g/mol. The fraction of sp³-hybridized carbons (Fsp3) is 0.321. The van der Waals surface area contributed by atoms with Gasteiger partial charge in [0.2, 0.25) is 0 Å². The first-order chi connectivity index (χ1) is 14.8. The van der Waals surface area contributed by atoms with Crippen LogP contribution in [0.2, 0.25) is 0 Å². The minimum atomic E-state index is 0.962. The molecule has 5 rings (SSSR count). The summed E-state index contributed by atoms with van der Waals surface area (Å²) in [5.41, 5.74) is 11.7. The fourth-order valence-electron chi connectivity index (χ4n) is 5.05. The molecular formula is C28H30N2. The quantitative estimate of drug-likeness (QED) is 0.555. The summed E-state index contributed by atoms with van der Waals surface area (Å²) in [5, 5.41) is 0. The topological polar surface area (TPSA) is 16.1 Å². The Morgan fingerprint density at radius 1 is 0.800 bits per heavy atom. The summed E-state index contributed by atoms with van der Waals surface area (Å²) in [6.45, 7) is 5.40. The first-order valence-corrected chi connectivity index (χ1v) is 11.4. The average Bonchev–Trinajstić information content (AvgIpc) is 2.97. The van der Waals surface area contributed by atoms with Crippen LogP contribution in [0.15, 0.2) is 72.4 Å². The minimum absolute atomic E-state index is 0.962. The van der Waals surface area contributed by atoms with E-state index in [-0.39, 0.29) is 0 Å². The summed E-state index contributed by atoms with van der Waals surface area (Å²) in [5.74, 6) is 0. The number of aromatic nitrogens is 1. The normalized spacial score (nSPS) is 16.7. The number of aryl methyl sites for hydroxylation is 3. The van der Waals surface area contributed by atoms with E-state index in [0.717, 1.165) is 51.7 Å². The van der Waals surface area contributed by atoms with Gasteiger partial charge in [0.25, 0.3) is 0 Å². The molecule has 2 heteroatoms. The number of piperidine rings is 1. The molecule has 0 bridgehead atoms. The lowest BCUT2D eigenvalue weighted by Gasteiger charge is -2.30. The second kappa shape index (κ2) is 8.57. The third-order valence-electron chi connectivity index (χ3n) is 6.73. The summed E-state index contributed by atoms with van der Waals surface area (Å²) in [4.78, 5) is 7.18. The highest BCUT2D eigenvalue weighted by Gasteiger charge is 2.23. The van der Waals surface area contributed by atoms with Gasteiger partial charge in [0.15, 0.2) is 0 Å². The van der Waals surface area contributed by atoms with Crippen molar-refractivity contribution >= 4 is 5.57 Å². The number of fused-ring (bicyclic) bond motifs is 2. The van der Waals surface area contributed by atoms with Crippen LogP contribution in [0.5, 0.6) is 0 Å². The molecule has 1 aromatic heterocycles. The zero-order valence-electron chi connectivity index (χ0n) is 17.9. The van der Waals surface area contributed by atoms with E-state index in [9.17, 15) is 0 Å². The first-order valence-electron chi connectivity index (χ1n) is 11.4. The van der Waals surface area contributed by atoms with E-state index >= 15 is 0 Å². The zero-order chi connectivity index (χ0) is 20.3. The number of pyridine rings is 1. The number of hydrogen-bond acceptors (Lipinski definition) is 2. The van der Waals surface area contributed by atoms with Gasteiger partial charge in [-0.3, -0.25) is 9.88 Å². The first kappa shape index (κ1) is 19.3. The van der Waals surface area contributed by atoms with E-state index in [1.807, 2.05) is 6.20 Å². The van der Waals surface area contributed by atoms with Crippen molar-refractivity contribution in [3.8, 4) is 0 Å². The highest BCUT2D eigenvalue weighted by atomic mass is 15.1. The van der Waals surface area contributed by atoms with Crippen molar-refractivity contribution in [3.05, 3.63) is 106 Å². The smallest absolute Gasteiger partial charge is 0.0546 e. The van der Waals surface area contributed by atoms with E-state index in [1.165, 1.54) is 39.1 Å². The zero-order valence-corrected chi connectivity index (χ0v) is 17.9. The van der Waals surface area contributed by atoms with Gasteiger partial charge in [-0.1, -0.05) is 61.0 Å². The summed E-state index contributed by atoms with van der Waals surface area (Å²) >= 11 is 0. The highest BCUT2D eigenvalue weighted by Crippen LogP contribution is 2.38. The molecule has 0 N–H and O–H groups in total. The van der Waals surface area contributed by atoms with Gasteiger partial charge < -0.3 is 0 Å². The van der Waals surface area contributed by atoms with Crippen molar-refractivity contribution in [2.75, 3.05) is 13.1 Å². The third-order valence-corrected chi connectivity index (χ3v) is 6.73. The Balaban J connectivity index is 1.43. The van der Waals surface area contributed by atoms with Crippen LogP contribution in [-0.4, -0.2) is 23.0 Å². The molecule has 3 aromatic rings. The van der Waals surface area contributed by atoms with Crippen molar-refractivity contribution in [3.63, 3.8) is 0 Å². The second-order valence-electron chi connectivity index (χ2n) is 8.58. The van der Waals surface area contributed by atoms with Gasteiger partial charge in [-0.25, -0.2) is 0 Å². The molecule has 1 aliphatic carbocycles. The van der Waals surface area contributed by atoms with E-state index in [1.54, 1.807) is 5.57 Å². The molecule has 2 heterocycles. The van der Waals surface area contributed by atoms with Crippen LogP contribution >= 0.6 is 0 Å². The molecule has 1 saturated heterocycles. The van der Waals surface area contributed by atoms with Crippen LogP contribution in [-0.2, 0) is 25.8 Å². The van der Waals surface area contributed by atoms with Crippen LogP contribution in [0.3, 0.4) is 0 Å². The Bertz CT molecular complexity index is 1020. The maximum atomic E-state index is 4.61. The minimum Gasteiger partial charge on any atom is -0.297 e. The molecule has 0 atom stereocenters. The van der Waals surface area contributed by atoms with Crippen LogP contribution < -0.4 is 0 Å². The number of benzene rings is 2. The SMILES string of the molecule is CCc1ccnc(CN2CCC(=C3c4ccccc4CCc4ccccc43)CC2)c1.